The fourth-order valence-electron chi connectivity index (χ4n) is 4.55. The summed E-state index contributed by atoms with van der Waals surface area (Å²) in [7, 11) is 0. The molecule has 0 heterocycles. The van der Waals surface area contributed by atoms with Crippen LogP contribution < -0.4 is 0 Å². The Bertz CT molecular complexity index is 1270. The third-order valence-corrected chi connectivity index (χ3v) is 8.14. The predicted octanol–water partition coefficient (Wildman–Crippen LogP) is 9.90. The minimum Gasteiger partial charge on any atom is -0.128 e. The molecule has 0 nitrogen and oxygen atoms in total. The molecule has 0 bridgehead atoms. The summed E-state index contributed by atoms with van der Waals surface area (Å²) in [6, 6.07) is 23.0. The highest BCUT2D eigenvalue weighted by Crippen LogP contribution is 2.42. The Balaban J connectivity index is 1.69. The maximum Gasteiger partial charge on any atom is 0.0227 e. The topological polar surface area (TPSA) is 0 Å². The van der Waals surface area contributed by atoms with Crippen LogP contribution in [0.2, 0.25) is 0 Å². The zero-order chi connectivity index (χ0) is 23.2. The first-order valence-electron chi connectivity index (χ1n) is 12.1. The van der Waals surface area contributed by atoms with E-state index >= 15 is 0 Å². The lowest BCUT2D eigenvalue weighted by Gasteiger charge is -2.16. The molecule has 0 N–H and O–H groups in total. The van der Waals surface area contributed by atoms with E-state index in [2.05, 4.69) is 99.2 Å². The minimum atomic E-state index is 1.07. The molecule has 0 saturated heterocycles. The van der Waals surface area contributed by atoms with Crippen molar-refractivity contribution in [2.75, 3.05) is 12.5 Å². The van der Waals surface area contributed by atoms with Gasteiger partial charge in [-0.3, -0.25) is 0 Å². The van der Waals surface area contributed by atoms with E-state index in [1.54, 1.807) is 0 Å². The standard InChI is InChI=1S/C31H34S2/c1-5-7-8-9-23-10-12-24(13-11-23)14-15-25-17-19-27-29(21-25)31(33-4)26-18-16-22(6-2)20-28(26)30(27)32-3/h10-21H,5-9H2,1-4H3/b15-14+. The zero-order valence-corrected chi connectivity index (χ0v) is 21.9. The number of fused-ring (bicyclic) bond motifs is 2. The summed E-state index contributed by atoms with van der Waals surface area (Å²) < 4.78 is 0. The smallest absolute Gasteiger partial charge is 0.0227 e. The summed E-state index contributed by atoms with van der Waals surface area (Å²) in [5.74, 6) is 0. The SMILES string of the molecule is CCCCCc1ccc(/C=C/c2ccc3c(SC)c4cc(CC)ccc4c(SC)c3c2)cc1. The number of aryl methyl sites for hydroxylation is 2. The van der Waals surface area contributed by atoms with E-state index in [1.165, 1.54) is 79.3 Å². The second-order valence-corrected chi connectivity index (χ2v) is 10.3. The Morgan fingerprint density at radius 2 is 1.18 bits per heavy atom. The molecular weight excluding hydrogens is 436 g/mol. The Morgan fingerprint density at radius 3 is 1.82 bits per heavy atom. The molecule has 0 spiro atoms. The zero-order valence-electron chi connectivity index (χ0n) is 20.3. The molecule has 4 rings (SSSR count). The van der Waals surface area contributed by atoms with Gasteiger partial charge in [0.25, 0.3) is 0 Å². The van der Waals surface area contributed by atoms with Crippen LogP contribution >= 0.6 is 23.5 Å². The van der Waals surface area contributed by atoms with Gasteiger partial charge in [0.15, 0.2) is 0 Å². The highest BCUT2D eigenvalue weighted by atomic mass is 32.2. The van der Waals surface area contributed by atoms with Crippen molar-refractivity contribution < 1.29 is 0 Å². The van der Waals surface area contributed by atoms with Crippen LogP contribution in [0.5, 0.6) is 0 Å². The van der Waals surface area contributed by atoms with Gasteiger partial charge in [0.05, 0.1) is 0 Å². The van der Waals surface area contributed by atoms with Crippen LogP contribution in [0.1, 0.15) is 55.4 Å². The maximum atomic E-state index is 2.39. The van der Waals surface area contributed by atoms with Crippen molar-refractivity contribution in [2.45, 2.75) is 55.7 Å². The molecule has 4 aromatic rings. The van der Waals surface area contributed by atoms with E-state index < -0.39 is 0 Å². The van der Waals surface area contributed by atoms with Crippen LogP contribution in [0.15, 0.2) is 70.5 Å². The summed E-state index contributed by atoms with van der Waals surface area (Å²) >= 11 is 3.72. The summed E-state index contributed by atoms with van der Waals surface area (Å²) in [6.45, 7) is 4.49. The third-order valence-electron chi connectivity index (χ3n) is 6.44. The van der Waals surface area contributed by atoms with Gasteiger partial charge in [-0.05, 0) is 87.7 Å². The first kappa shape index (κ1) is 24.0. The second-order valence-electron chi connectivity index (χ2n) is 8.64. The molecule has 0 fully saturated rings. The average molecular weight is 471 g/mol. The fraction of sp³-hybridized carbons (Fsp3) is 0.290. The van der Waals surface area contributed by atoms with Crippen molar-refractivity contribution in [1.82, 2.24) is 0 Å². The summed E-state index contributed by atoms with van der Waals surface area (Å²) in [5.41, 5.74) is 5.36. The number of thioether (sulfide) groups is 2. The molecule has 33 heavy (non-hydrogen) atoms. The summed E-state index contributed by atoms with van der Waals surface area (Å²) in [4.78, 5) is 2.77. The lowest BCUT2D eigenvalue weighted by Crippen LogP contribution is -1.90. The van der Waals surface area contributed by atoms with Gasteiger partial charge in [0.1, 0.15) is 0 Å². The van der Waals surface area contributed by atoms with E-state index in [-0.39, 0.29) is 0 Å². The van der Waals surface area contributed by atoms with Crippen molar-refractivity contribution in [3.8, 4) is 0 Å². The molecule has 0 aromatic heterocycles. The average Bonchev–Trinajstić information content (AvgIpc) is 2.86. The van der Waals surface area contributed by atoms with Crippen molar-refractivity contribution >= 4 is 57.2 Å². The fourth-order valence-corrected chi connectivity index (χ4v) is 6.12. The van der Waals surface area contributed by atoms with Gasteiger partial charge < -0.3 is 0 Å². The van der Waals surface area contributed by atoms with E-state index in [0.717, 1.165) is 6.42 Å². The van der Waals surface area contributed by atoms with Crippen LogP contribution in [-0.4, -0.2) is 12.5 Å². The molecule has 2 heteroatoms. The lowest BCUT2D eigenvalue weighted by molar-refractivity contribution is 0.717. The van der Waals surface area contributed by atoms with Gasteiger partial charge in [-0.25, -0.2) is 0 Å². The minimum absolute atomic E-state index is 1.07. The van der Waals surface area contributed by atoms with Gasteiger partial charge >= 0.3 is 0 Å². The molecule has 170 valence electrons. The monoisotopic (exact) mass is 470 g/mol. The number of hydrogen-bond acceptors (Lipinski definition) is 2. The van der Waals surface area contributed by atoms with Crippen molar-refractivity contribution in [3.05, 3.63) is 82.9 Å². The van der Waals surface area contributed by atoms with E-state index in [9.17, 15) is 0 Å². The predicted molar refractivity (Wildman–Crippen MR) is 153 cm³/mol. The highest BCUT2D eigenvalue weighted by molar-refractivity contribution is 7.99. The highest BCUT2D eigenvalue weighted by Gasteiger charge is 2.14. The summed E-state index contributed by atoms with van der Waals surface area (Å²) in [6.07, 6.45) is 15.0. The largest absolute Gasteiger partial charge is 0.128 e. The Labute approximate surface area is 207 Å². The Kier molecular flexibility index (Phi) is 8.22. The molecule has 0 aliphatic rings. The normalized spacial score (nSPS) is 11.8. The van der Waals surface area contributed by atoms with Crippen molar-refractivity contribution in [1.29, 1.82) is 0 Å². The number of hydrogen-bond donors (Lipinski definition) is 0. The van der Waals surface area contributed by atoms with Crippen LogP contribution in [-0.2, 0) is 12.8 Å². The molecule has 0 aliphatic carbocycles. The van der Waals surface area contributed by atoms with E-state index in [4.69, 9.17) is 0 Å². The molecular formula is C31H34S2. The number of benzene rings is 4. The van der Waals surface area contributed by atoms with Gasteiger partial charge in [-0.1, -0.05) is 87.4 Å². The molecule has 0 atom stereocenters. The summed E-state index contributed by atoms with van der Waals surface area (Å²) in [5, 5.41) is 5.48. The molecule has 0 radical (unpaired) electrons. The van der Waals surface area contributed by atoms with Gasteiger partial charge in [-0.15, -0.1) is 23.5 Å². The molecule has 0 unspecified atom stereocenters. The molecule has 0 aliphatic heterocycles. The third kappa shape index (κ3) is 5.34. The first-order valence-corrected chi connectivity index (χ1v) is 14.5. The van der Waals surface area contributed by atoms with Crippen LogP contribution in [0.25, 0.3) is 33.7 Å². The van der Waals surface area contributed by atoms with Crippen LogP contribution in [0.3, 0.4) is 0 Å². The van der Waals surface area contributed by atoms with Gasteiger partial charge in [0.2, 0.25) is 0 Å². The Morgan fingerprint density at radius 1 is 0.606 bits per heavy atom. The van der Waals surface area contributed by atoms with Crippen LogP contribution in [0, 0.1) is 0 Å². The van der Waals surface area contributed by atoms with Crippen LogP contribution in [0.4, 0.5) is 0 Å². The van der Waals surface area contributed by atoms with E-state index in [1.807, 2.05) is 23.5 Å². The van der Waals surface area contributed by atoms with E-state index in [0.29, 0.717) is 0 Å². The quantitative estimate of drug-likeness (QED) is 0.103. The second kappa shape index (κ2) is 11.3. The maximum absolute atomic E-state index is 2.39. The van der Waals surface area contributed by atoms with Crippen molar-refractivity contribution in [2.24, 2.45) is 0 Å². The first-order chi connectivity index (χ1) is 16.2. The molecule has 4 aromatic carbocycles. The van der Waals surface area contributed by atoms with Crippen molar-refractivity contribution in [3.63, 3.8) is 0 Å². The van der Waals surface area contributed by atoms with Gasteiger partial charge in [0, 0.05) is 9.79 Å². The number of unbranched alkanes of at least 4 members (excludes halogenated alkanes) is 2. The van der Waals surface area contributed by atoms with Gasteiger partial charge in [-0.2, -0.15) is 0 Å². The Hall–Kier alpha value is -2.16. The molecule has 0 saturated carbocycles. The number of rotatable bonds is 9. The lowest BCUT2D eigenvalue weighted by atomic mass is 9.98. The molecule has 0 amide bonds.